The van der Waals surface area contributed by atoms with Crippen LogP contribution in [0.15, 0.2) is 24.5 Å². The molecule has 0 aromatic carbocycles. The van der Waals surface area contributed by atoms with Crippen LogP contribution in [-0.2, 0) is 28.8 Å². The second-order valence-corrected chi connectivity index (χ2v) is 8.25. The first-order valence-electron chi connectivity index (χ1n) is 11.2. The first-order chi connectivity index (χ1) is 16.7. The molecular weight excluding hydrogens is 462 g/mol. The summed E-state index contributed by atoms with van der Waals surface area (Å²) in [6, 6.07) is -0.401. The van der Waals surface area contributed by atoms with Crippen molar-refractivity contribution in [3.63, 3.8) is 0 Å². The van der Waals surface area contributed by atoms with Crippen molar-refractivity contribution in [2.24, 2.45) is 0 Å². The maximum atomic E-state index is 13.2. The van der Waals surface area contributed by atoms with Gasteiger partial charge in [-0.1, -0.05) is 0 Å². The number of amides is 4. The number of ketones is 1. The number of Topliss-reactive ketones (excluding diaryl/α,β-unsaturated/α-hetero) is 1. The lowest BCUT2D eigenvalue weighted by molar-refractivity contribution is -0.176. The van der Waals surface area contributed by atoms with Crippen LogP contribution in [0.4, 0.5) is 0 Å². The predicted octanol–water partition coefficient (Wildman–Crippen LogP) is -0.978. The summed E-state index contributed by atoms with van der Waals surface area (Å²) in [5.74, 6) is -3.93. The van der Waals surface area contributed by atoms with Crippen LogP contribution < -0.4 is 15.4 Å². The van der Waals surface area contributed by atoms with Gasteiger partial charge in [-0.25, -0.2) is 5.01 Å². The highest BCUT2D eigenvalue weighted by atomic mass is 16.5. The van der Waals surface area contributed by atoms with E-state index < -0.39 is 60.6 Å². The lowest BCUT2D eigenvalue weighted by atomic mass is 10.0. The highest BCUT2D eigenvalue weighted by molar-refractivity contribution is 5.97. The summed E-state index contributed by atoms with van der Waals surface area (Å²) in [5, 5.41) is 16.4. The zero-order valence-electron chi connectivity index (χ0n) is 19.1. The molecule has 2 aliphatic rings. The van der Waals surface area contributed by atoms with Crippen LogP contribution in [0.5, 0.6) is 5.75 Å². The number of rotatable bonds is 9. The number of carboxylic acids is 1. The predicted molar refractivity (Wildman–Crippen MR) is 117 cm³/mol. The van der Waals surface area contributed by atoms with Gasteiger partial charge in [-0.2, -0.15) is 0 Å². The number of nitrogens with one attached hydrogen (secondary N) is 2. The highest BCUT2D eigenvalue weighted by Crippen LogP contribution is 2.25. The fourth-order valence-corrected chi connectivity index (χ4v) is 4.03. The van der Waals surface area contributed by atoms with Crippen molar-refractivity contribution in [3.8, 4) is 5.75 Å². The van der Waals surface area contributed by atoms with Crippen LogP contribution in [0, 0.1) is 0 Å². The Morgan fingerprint density at radius 1 is 1.26 bits per heavy atom. The minimum atomic E-state index is -1.42. The Morgan fingerprint density at radius 3 is 2.69 bits per heavy atom. The molecular formula is C22H27N5O8. The summed E-state index contributed by atoms with van der Waals surface area (Å²) in [6.45, 7) is 0.956. The Hall–Kier alpha value is -4.03. The molecule has 0 radical (unpaired) electrons. The molecule has 0 bridgehead atoms. The maximum Gasteiger partial charge on any atom is 0.305 e. The number of hydrogen-bond acceptors (Lipinski definition) is 8. The summed E-state index contributed by atoms with van der Waals surface area (Å²) in [4.78, 5) is 78.4. The van der Waals surface area contributed by atoms with E-state index in [1.807, 2.05) is 0 Å². The molecule has 2 saturated heterocycles. The van der Waals surface area contributed by atoms with Gasteiger partial charge in [-0.15, -0.1) is 0 Å². The molecule has 0 saturated carbocycles. The first kappa shape index (κ1) is 25.6. The van der Waals surface area contributed by atoms with Gasteiger partial charge in [-0.3, -0.25) is 38.8 Å². The van der Waals surface area contributed by atoms with Crippen LogP contribution in [0.25, 0.3) is 0 Å². The van der Waals surface area contributed by atoms with Crippen molar-refractivity contribution in [1.29, 1.82) is 0 Å². The third kappa shape index (κ3) is 6.52. The lowest BCUT2D eigenvalue weighted by Gasteiger charge is -2.43. The normalized spacial score (nSPS) is 20.8. The zero-order chi connectivity index (χ0) is 25.5. The Kier molecular flexibility index (Phi) is 8.34. The van der Waals surface area contributed by atoms with Crippen molar-refractivity contribution in [1.82, 2.24) is 25.6 Å². The largest absolute Gasteiger partial charge is 0.484 e. The van der Waals surface area contributed by atoms with E-state index in [0.717, 1.165) is 5.01 Å². The van der Waals surface area contributed by atoms with Crippen LogP contribution in [0.1, 0.15) is 39.0 Å². The molecule has 0 spiro atoms. The van der Waals surface area contributed by atoms with E-state index >= 15 is 0 Å². The standard InChI is InChI=1S/C22H27N5O8/c1-13(28)24-15-6-7-19(30)26-9-3-5-17(27(26)22(15)34)21(33)25-16(10-20(31)32)18(29)12-35-14-4-2-8-23-11-14/h2,4,8,11,15-17H,3,5-7,9-10,12H2,1H3,(H,24,28)(H,25,33)(H,31,32). The smallest absolute Gasteiger partial charge is 0.305 e. The van der Waals surface area contributed by atoms with Gasteiger partial charge in [-0.05, 0) is 31.4 Å². The summed E-state index contributed by atoms with van der Waals surface area (Å²) >= 11 is 0. The molecule has 0 aliphatic carbocycles. The number of hydrogen-bond donors (Lipinski definition) is 3. The highest BCUT2D eigenvalue weighted by Gasteiger charge is 2.45. The number of carbonyl (C=O) groups is 6. The average Bonchev–Trinajstić information content (AvgIpc) is 2.94. The van der Waals surface area contributed by atoms with E-state index in [1.165, 1.54) is 24.3 Å². The van der Waals surface area contributed by atoms with Crippen molar-refractivity contribution < 1.29 is 38.6 Å². The average molecular weight is 489 g/mol. The molecule has 3 rings (SSSR count). The summed E-state index contributed by atoms with van der Waals surface area (Å²) < 4.78 is 5.33. The fourth-order valence-electron chi connectivity index (χ4n) is 4.03. The number of ether oxygens (including phenoxy) is 1. The molecule has 3 atom stereocenters. The first-order valence-corrected chi connectivity index (χ1v) is 11.2. The lowest BCUT2D eigenvalue weighted by Crippen LogP contribution is -2.64. The topological polar surface area (TPSA) is 175 Å². The second-order valence-electron chi connectivity index (χ2n) is 8.25. The summed E-state index contributed by atoms with van der Waals surface area (Å²) in [6.07, 6.45) is 2.90. The molecule has 188 valence electrons. The van der Waals surface area contributed by atoms with Gasteiger partial charge in [0.05, 0.1) is 12.6 Å². The van der Waals surface area contributed by atoms with E-state index in [1.54, 1.807) is 12.1 Å². The third-order valence-corrected chi connectivity index (χ3v) is 5.64. The zero-order valence-corrected chi connectivity index (χ0v) is 19.1. The number of carboxylic acid groups (broad SMARTS) is 1. The van der Waals surface area contributed by atoms with Gasteiger partial charge in [0.2, 0.25) is 17.7 Å². The van der Waals surface area contributed by atoms with E-state index in [2.05, 4.69) is 15.6 Å². The molecule has 2 aliphatic heterocycles. The van der Waals surface area contributed by atoms with E-state index in [0.29, 0.717) is 12.2 Å². The van der Waals surface area contributed by atoms with E-state index in [4.69, 9.17) is 4.74 Å². The van der Waals surface area contributed by atoms with Crippen molar-refractivity contribution in [3.05, 3.63) is 24.5 Å². The molecule has 1 aromatic heterocycles. The van der Waals surface area contributed by atoms with Gasteiger partial charge in [0, 0.05) is 26.1 Å². The van der Waals surface area contributed by atoms with Gasteiger partial charge >= 0.3 is 5.97 Å². The number of fused-ring (bicyclic) bond motifs is 1. The minimum absolute atomic E-state index is 0.00727. The van der Waals surface area contributed by atoms with E-state index in [9.17, 15) is 33.9 Å². The summed E-state index contributed by atoms with van der Waals surface area (Å²) in [7, 11) is 0. The second kappa shape index (κ2) is 11.4. The monoisotopic (exact) mass is 489 g/mol. The third-order valence-electron chi connectivity index (χ3n) is 5.64. The van der Waals surface area contributed by atoms with Gasteiger partial charge in [0.1, 0.15) is 30.5 Å². The van der Waals surface area contributed by atoms with Gasteiger partial charge in [0.15, 0.2) is 5.78 Å². The Bertz CT molecular complexity index is 1000. The van der Waals surface area contributed by atoms with Crippen LogP contribution >= 0.6 is 0 Å². The van der Waals surface area contributed by atoms with Crippen LogP contribution in [-0.4, -0.2) is 86.8 Å². The quantitative estimate of drug-likeness (QED) is 0.394. The molecule has 13 nitrogen and oxygen atoms in total. The number of pyridine rings is 1. The Morgan fingerprint density at radius 2 is 2.03 bits per heavy atom. The van der Waals surface area contributed by atoms with Crippen LogP contribution in [0.2, 0.25) is 0 Å². The van der Waals surface area contributed by atoms with Crippen molar-refractivity contribution >= 4 is 35.4 Å². The van der Waals surface area contributed by atoms with Crippen molar-refractivity contribution in [2.45, 2.75) is 57.2 Å². The number of hydrazine groups is 1. The van der Waals surface area contributed by atoms with E-state index in [-0.39, 0.29) is 31.7 Å². The number of aromatic nitrogens is 1. The number of nitrogens with zero attached hydrogens (tertiary/aromatic N) is 3. The van der Waals surface area contributed by atoms with Crippen molar-refractivity contribution in [2.75, 3.05) is 13.2 Å². The molecule has 1 aromatic rings. The van der Waals surface area contributed by atoms with Crippen LogP contribution in [0.3, 0.4) is 0 Å². The molecule has 4 amide bonds. The van der Waals surface area contributed by atoms with Gasteiger partial charge < -0.3 is 20.5 Å². The molecule has 2 fully saturated rings. The Balaban J connectivity index is 1.76. The SMILES string of the molecule is CC(=O)NC1CCC(=O)N2CCCC(C(=O)NC(CC(=O)O)C(=O)COc3cccnc3)N2C1=O. The fraction of sp³-hybridized carbons (Fsp3) is 0.500. The Labute approximate surface area is 200 Å². The minimum Gasteiger partial charge on any atom is -0.484 e. The number of carbonyl (C=O) groups excluding carboxylic acids is 5. The maximum absolute atomic E-state index is 13.2. The molecule has 3 unspecified atom stereocenters. The van der Waals surface area contributed by atoms with Gasteiger partial charge in [0.25, 0.3) is 5.91 Å². The number of aliphatic carboxylic acids is 1. The molecule has 35 heavy (non-hydrogen) atoms. The molecule has 3 N–H and O–H groups in total. The molecule has 3 heterocycles. The molecule has 13 heteroatoms. The summed E-state index contributed by atoms with van der Waals surface area (Å²) in [5.41, 5.74) is 0.